The van der Waals surface area contributed by atoms with Crippen molar-refractivity contribution in [1.82, 2.24) is 9.55 Å². The van der Waals surface area contributed by atoms with E-state index in [-0.39, 0.29) is 12.4 Å². The predicted octanol–water partition coefficient (Wildman–Crippen LogP) is 6.06. The Morgan fingerprint density at radius 1 is 1.13 bits per heavy atom. The van der Waals surface area contributed by atoms with Crippen LogP contribution in [0.3, 0.4) is 0 Å². The van der Waals surface area contributed by atoms with Crippen LogP contribution in [-0.2, 0) is 24.2 Å². The molecule has 1 heterocycles. The first-order valence-electron chi connectivity index (χ1n) is 9.84. The van der Waals surface area contributed by atoms with Crippen LogP contribution in [-0.4, -0.2) is 20.6 Å². The topological polar surface area (TPSA) is 55.1 Å². The van der Waals surface area contributed by atoms with Gasteiger partial charge in [-0.25, -0.2) is 9.78 Å². The van der Waals surface area contributed by atoms with Crippen LogP contribution in [0, 0.1) is 0 Å². The van der Waals surface area contributed by atoms with Crippen LogP contribution in [0.4, 0.5) is 0 Å². The fourth-order valence-electron chi connectivity index (χ4n) is 3.36. The molecule has 0 bridgehead atoms. The summed E-state index contributed by atoms with van der Waals surface area (Å²) in [5, 5.41) is 10.2. The van der Waals surface area contributed by atoms with Crippen molar-refractivity contribution < 1.29 is 9.90 Å². The molecule has 0 saturated carbocycles. The summed E-state index contributed by atoms with van der Waals surface area (Å²) in [5.74, 6) is -0.0114. The molecule has 1 N–H and O–H groups in total. The number of halogens is 2. The van der Waals surface area contributed by atoms with Gasteiger partial charge in [-0.2, -0.15) is 0 Å². The number of unbranched alkanes of at least 4 members (excludes halogenated alkanes) is 1. The van der Waals surface area contributed by atoms with E-state index in [0.29, 0.717) is 18.0 Å². The van der Waals surface area contributed by atoms with Crippen molar-refractivity contribution in [2.75, 3.05) is 0 Å². The minimum Gasteiger partial charge on any atom is -0.478 e. The van der Waals surface area contributed by atoms with Gasteiger partial charge in [0.25, 0.3) is 0 Å². The number of rotatable bonds is 9. The highest BCUT2D eigenvalue weighted by molar-refractivity contribution is 6.31. The largest absolute Gasteiger partial charge is 0.478 e. The van der Waals surface area contributed by atoms with Gasteiger partial charge in [-0.05, 0) is 35.6 Å². The first-order chi connectivity index (χ1) is 14.1. The lowest BCUT2D eigenvalue weighted by Gasteiger charge is -2.15. The van der Waals surface area contributed by atoms with E-state index < -0.39 is 5.97 Å². The molecular formula is C24H26Cl2N2O2. The number of hydrogen-bond donors (Lipinski definition) is 1. The number of nitrogens with zero attached hydrogens (tertiary/aromatic N) is 2. The molecule has 3 aromatic rings. The maximum atomic E-state index is 11.5. The number of hydrogen-bond acceptors (Lipinski definition) is 2. The van der Waals surface area contributed by atoms with Crippen LogP contribution < -0.4 is 0 Å². The van der Waals surface area contributed by atoms with Crippen LogP contribution in [0.2, 0.25) is 5.02 Å². The summed E-state index contributed by atoms with van der Waals surface area (Å²) >= 11 is 6.40. The lowest BCUT2D eigenvalue weighted by Crippen LogP contribution is -2.10. The average Bonchev–Trinajstić information content (AvgIpc) is 3.10. The number of benzene rings is 2. The molecule has 2 aromatic carbocycles. The molecule has 0 unspecified atom stereocenters. The Morgan fingerprint density at radius 2 is 1.83 bits per heavy atom. The minimum absolute atomic E-state index is 0. The van der Waals surface area contributed by atoms with E-state index in [1.165, 1.54) is 6.08 Å². The van der Waals surface area contributed by atoms with Gasteiger partial charge in [0.2, 0.25) is 0 Å². The zero-order valence-electron chi connectivity index (χ0n) is 16.9. The summed E-state index contributed by atoms with van der Waals surface area (Å²) in [5.41, 5.74) is 3.59. The molecule has 0 fully saturated rings. The molecule has 4 nitrogen and oxygen atoms in total. The molecule has 158 valence electrons. The quantitative estimate of drug-likeness (QED) is 0.408. The number of aliphatic carboxylic acids is 1. The maximum Gasteiger partial charge on any atom is 0.328 e. The Bertz CT molecular complexity index is 997. The first-order valence-corrected chi connectivity index (χ1v) is 10.2. The van der Waals surface area contributed by atoms with E-state index in [9.17, 15) is 9.90 Å². The molecule has 0 radical (unpaired) electrons. The molecule has 0 atom stereocenters. The summed E-state index contributed by atoms with van der Waals surface area (Å²) < 4.78 is 2.11. The van der Waals surface area contributed by atoms with E-state index in [4.69, 9.17) is 11.6 Å². The number of aromatic nitrogens is 2. The van der Waals surface area contributed by atoms with Crippen molar-refractivity contribution in [2.24, 2.45) is 0 Å². The second-order valence-electron chi connectivity index (χ2n) is 7.01. The van der Waals surface area contributed by atoms with Gasteiger partial charge in [0.1, 0.15) is 5.82 Å². The minimum atomic E-state index is -0.962. The van der Waals surface area contributed by atoms with Crippen LogP contribution in [0.15, 0.2) is 66.9 Å². The van der Waals surface area contributed by atoms with Crippen molar-refractivity contribution in [3.8, 4) is 0 Å². The summed E-state index contributed by atoms with van der Waals surface area (Å²) in [4.78, 5) is 16.2. The van der Waals surface area contributed by atoms with Crippen molar-refractivity contribution in [3.05, 3.63) is 94.5 Å². The molecule has 0 aliphatic heterocycles. The van der Waals surface area contributed by atoms with Crippen LogP contribution in [0.1, 0.15) is 42.4 Å². The fraction of sp³-hybridized carbons (Fsp3) is 0.250. The molecule has 0 aliphatic carbocycles. The van der Waals surface area contributed by atoms with Gasteiger partial charge < -0.3 is 9.67 Å². The summed E-state index contributed by atoms with van der Waals surface area (Å²) in [6.07, 6.45) is 6.53. The average molecular weight is 445 g/mol. The van der Waals surface area contributed by atoms with Crippen molar-refractivity contribution in [2.45, 2.75) is 39.2 Å². The smallest absolute Gasteiger partial charge is 0.328 e. The summed E-state index contributed by atoms with van der Waals surface area (Å²) in [6.45, 7) is 2.70. The third kappa shape index (κ3) is 6.22. The first kappa shape index (κ1) is 23.7. The molecule has 0 spiro atoms. The maximum absolute atomic E-state index is 11.5. The Morgan fingerprint density at radius 3 is 2.50 bits per heavy atom. The molecule has 0 amide bonds. The standard InChI is InChI=1S/C24H25ClN2O2.ClH/c1-2-3-13-23-26-16-22(27(23)17-19-11-7-8-12-21(19)25)20(15-24(28)29)14-18-9-5-4-6-10-18;/h4-12,15-16H,2-3,13-14,17H2,1H3,(H,28,29);1H/b20-15+;. The molecule has 30 heavy (non-hydrogen) atoms. The van der Waals surface area contributed by atoms with Crippen molar-refractivity contribution in [1.29, 1.82) is 0 Å². The fourth-order valence-corrected chi connectivity index (χ4v) is 3.55. The number of carboxylic acid groups (broad SMARTS) is 1. The second kappa shape index (κ2) is 11.6. The predicted molar refractivity (Wildman–Crippen MR) is 124 cm³/mol. The monoisotopic (exact) mass is 444 g/mol. The van der Waals surface area contributed by atoms with Gasteiger partial charge in [0, 0.05) is 17.5 Å². The van der Waals surface area contributed by atoms with Gasteiger partial charge in [-0.15, -0.1) is 12.4 Å². The van der Waals surface area contributed by atoms with Crippen LogP contribution in [0.5, 0.6) is 0 Å². The van der Waals surface area contributed by atoms with Gasteiger partial charge in [-0.3, -0.25) is 0 Å². The van der Waals surface area contributed by atoms with Gasteiger partial charge in [0.15, 0.2) is 0 Å². The SMILES string of the molecule is CCCCc1ncc(/C(=C/C(=O)O)Cc2ccccc2)n1Cc1ccccc1Cl.Cl. The highest BCUT2D eigenvalue weighted by atomic mass is 35.5. The van der Waals surface area contributed by atoms with E-state index in [2.05, 4.69) is 16.5 Å². The van der Waals surface area contributed by atoms with Crippen LogP contribution in [0.25, 0.3) is 5.57 Å². The molecule has 1 aromatic heterocycles. The Hall–Kier alpha value is -2.56. The Balaban J connectivity index is 0.00000320. The van der Waals surface area contributed by atoms with E-state index in [0.717, 1.165) is 47.5 Å². The molecule has 3 rings (SSSR count). The lowest BCUT2D eigenvalue weighted by atomic mass is 10.0. The zero-order chi connectivity index (χ0) is 20.6. The van der Waals surface area contributed by atoms with Crippen molar-refractivity contribution >= 4 is 35.6 Å². The lowest BCUT2D eigenvalue weighted by molar-refractivity contribution is -0.131. The van der Waals surface area contributed by atoms with Crippen LogP contribution >= 0.6 is 24.0 Å². The number of imidazole rings is 1. The molecular weight excluding hydrogens is 419 g/mol. The number of allylic oxidation sites excluding steroid dienone is 1. The Kier molecular flexibility index (Phi) is 9.15. The zero-order valence-corrected chi connectivity index (χ0v) is 18.5. The number of carbonyl (C=O) groups is 1. The third-order valence-corrected chi connectivity index (χ3v) is 5.21. The third-order valence-electron chi connectivity index (χ3n) is 4.84. The second-order valence-corrected chi connectivity index (χ2v) is 7.42. The Labute approximate surface area is 188 Å². The molecule has 6 heteroatoms. The van der Waals surface area contributed by atoms with Gasteiger partial charge >= 0.3 is 5.97 Å². The van der Waals surface area contributed by atoms with E-state index >= 15 is 0 Å². The van der Waals surface area contributed by atoms with E-state index in [1.54, 1.807) is 6.20 Å². The normalized spacial score (nSPS) is 11.2. The van der Waals surface area contributed by atoms with Gasteiger partial charge in [0.05, 0.1) is 18.4 Å². The molecule has 0 aliphatic rings. The van der Waals surface area contributed by atoms with Gasteiger partial charge in [-0.1, -0.05) is 73.5 Å². The summed E-state index contributed by atoms with van der Waals surface area (Å²) in [6, 6.07) is 17.6. The van der Waals surface area contributed by atoms with Crippen molar-refractivity contribution in [3.63, 3.8) is 0 Å². The highest BCUT2D eigenvalue weighted by Crippen LogP contribution is 2.25. The summed E-state index contributed by atoms with van der Waals surface area (Å²) in [7, 11) is 0. The number of aryl methyl sites for hydroxylation is 1. The van der Waals surface area contributed by atoms with E-state index in [1.807, 2.05) is 54.6 Å². The number of carboxylic acids is 1. The molecule has 0 saturated heterocycles. The highest BCUT2D eigenvalue weighted by Gasteiger charge is 2.16.